The van der Waals surface area contributed by atoms with E-state index in [9.17, 15) is 0 Å². The molecule has 102 valence electrons. The molecular formula is C12H26N2O3. The van der Waals surface area contributed by atoms with Crippen molar-refractivity contribution in [2.24, 2.45) is 5.73 Å². The Labute approximate surface area is 104 Å². The van der Waals surface area contributed by atoms with Gasteiger partial charge in [0.05, 0.1) is 19.3 Å². The molecule has 0 amide bonds. The van der Waals surface area contributed by atoms with E-state index >= 15 is 0 Å². The van der Waals surface area contributed by atoms with Crippen LogP contribution in [0.25, 0.3) is 0 Å². The summed E-state index contributed by atoms with van der Waals surface area (Å²) in [5.74, 6) is 0. The predicted molar refractivity (Wildman–Crippen MR) is 67.1 cm³/mol. The first-order valence-corrected chi connectivity index (χ1v) is 6.18. The second-order valence-electron chi connectivity index (χ2n) is 4.67. The van der Waals surface area contributed by atoms with Gasteiger partial charge in [0.1, 0.15) is 0 Å². The van der Waals surface area contributed by atoms with Gasteiger partial charge in [-0.2, -0.15) is 0 Å². The molecule has 0 heterocycles. The Morgan fingerprint density at radius 3 is 2.00 bits per heavy atom. The third kappa shape index (κ3) is 3.63. The van der Waals surface area contributed by atoms with E-state index in [1.54, 1.807) is 21.3 Å². The van der Waals surface area contributed by atoms with Crippen LogP contribution in [0.1, 0.15) is 12.8 Å². The molecule has 0 radical (unpaired) electrons. The van der Waals surface area contributed by atoms with Gasteiger partial charge in [-0.1, -0.05) is 0 Å². The number of rotatable bonds is 9. The average molecular weight is 246 g/mol. The summed E-state index contributed by atoms with van der Waals surface area (Å²) in [5.41, 5.74) is 6.03. The van der Waals surface area contributed by atoms with E-state index in [0.717, 1.165) is 39.1 Å². The molecule has 0 aliphatic heterocycles. The van der Waals surface area contributed by atoms with Crippen molar-refractivity contribution < 1.29 is 14.2 Å². The Bertz CT molecular complexity index is 200. The SMILES string of the molecule is COCCN(CCOC)C1(CN)CC(OC)C1. The van der Waals surface area contributed by atoms with Gasteiger partial charge in [0, 0.05) is 46.5 Å². The fraction of sp³-hybridized carbons (Fsp3) is 1.00. The Balaban J connectivity index is 2.53. The van der Waals surface area contributed by atoms with Crippen molar-refractivity contribution in [3.05, 3.63) is 0 Å². The lowest BCUT2D eigenvalue weighted by Crippen LogP contribution is -2.65. The molecule has 0 saturated heterocycles. The fourth-order valence-corrected chi connectivity index (χ4v) is 2.50. The van der Waals surface area contributed by atoms with Crippen LogP contribution in [-0.4, -0.2) is 70.7 Å². The molecule has 0 spiro atoms. The summed E-state index contributed by atoms with van der Waals surface area (Å²) in [6.45, 7) is 3.91. The van der Waals surface area contributed by atoms with Gasteiger partial charge >= 0.3 is 0 Å². The molecule has 0 aromatic carbocycles. The Morgan fingerprint density at radius 2 is 1.65 bits per heavy atom. The van der Waals surface area contributed by atoms with Gasteiger partial charge in [-0.3, -0.25) is 4.90 Å². The number of methoxy groups -OCH3 is 3. The Kier molecular flexibility index (Phi) is 6.37. The molecule has 5 heteroatoms. The smallest absolute Gasteiger partial charge is 0.0607 e. The van der Waals surface area contributed by atoms with Gasteiger partial charge in [0.2, 0.25) is 0 Å². The van der Waals surface area contributed by atoms with Crippen molar-refractivity contribution in [2.45, 2.75) is 24.5 Å². The van der Waals surface area contributed by atoms with Crippen molar-refractivity contribution in [3.8, 4) is 0 Å². The van der Waals surface area contributed by atoms with Crippen LogP contribution in [0, 0.1) is 0 Å². The first kappa shape index (κ1) is 14.9. The van der Waals surface area contributed by atoms with E-state index in [1.807, 2.05) is 0 Å². The molecule has 1 saturated carbocycles. The average Bonchev–Trinajstić information content (AvgIpc) is 2.31. The van der Waals surface area contributed by atoms with E-state index in [1.165, 1.54) is 0 Å². The maximum atomic E-state index is 5.95. The standard InChI is InChI=1S/C12H26N2O3/c1-15-6-4-14(5-7-16-2)12(10-13)8-11(9-12)17-3/h11H,4-10,13H2,1-3H3. The summed E-state index contributed by atoms with van der Waals surface area (Å²) in [5, 5.41) is 0. The highest BCUT2D eigenvalue weighted by Crippen LogP contribution is 2.38. The minimum absolute atomic E-state index is 0.0811. The topological polar surface area (TPSA) is 57.0 Å². The largest absolute Gasteiger partial charge is 0.383 e. The molecule has 17 heavy (non-hydrogen) atoms. The molecule has 2 N–H and O–H groups in total. The van der Waals surface area contributed by atoms with Crippen LogP contribution in [-0.2, 0) is 14.2 Å². The third-order valence-corrected chi connectivity index (χ3v) is 3.73. The van der Waals surface area contributed by atoms with Crippen LogP contribution in [0.3, 0.4) is 0 Å². The fourth-order valence-electron chi connectivity index (χ4n) is 2.50. The first-order chi connectivity index (χ1) is 8.22. The number of nitrogens with two attached hydrogens (primary N) is 1. The molecule has 0 bridgehead atoms. The van der Waals surface area contributed by atoms with Gasteiger partial charge in [-0.25, -0.2) is 0 Å². The second-order valence-corrected chi connectivity index (χ2v) is 4.67. The van der Waals surface area contributed by atoms with Crippen molar-refractivity contribution in [1.29, 1.82) is 0 Å². The van der Waals surface area contributed by atoms with Crippen molar-refractivity contribution in [3.63, 3.8) is 0 Å². The molecule has 0 atom stereocenters. The Morgan fingerprint density at radius 1 is 1.12 bits per heavy atom. The van der Waals surface area contributed by atoms with Crippen LogP contribution in [0.15, 0.2) is 0 Å². The summed E-state index contributed by atoms with van der Waals surface area (Å²) in [7, 11) is 5.21. The predicted octanol–water partition coefficient (Wildman–Crippen LogP) is 0.0875. The quantitative estimate of drug-likeness (QED) is 0.625. The van der Waals surface area contributed by atoms with Crippen molar-refractivity contribution in [1.82, 2.24) is 4.90 Å². The Hall–Kier alpha value is -0.200. The number of ether oxygens (including phenoxy) is 3. The highest BCUT2D eigenvalue weighted by Gasteiger charge is 2.47. The van der Waals surface area contributed by atoms with E-state index in [-0.39, 0.29) is 5.54 Å². The molecule has 1 rings (SSSR count). The normalized spacial score (nSPS) is 28.4. The lowest BCUT2D eigenvalue weighted by molar-refractivity contribution is -0.0961. The summed E-state index contributed by atoms with van der Waals surface area (Å²) in [6, 6.07) is 0. The van der Waals surface area contributed by atoms with E-state index in [4.69, 9.17) is 19.9 Å². The molecule has 5 nitrogen and oxygen atoms in total. The summed E-state index contributed by atoms with van der Waals surface area (Å²) in [4.78, 5) is 2.38. The molecule has 1 aliphatic rings. The van der Waals surface area contributed by atoms with Crippen molar-refractivity contribution in [2.75, 3.05) is 54.2 Å². The van der Waals surface area contributed by atoms with E-state index in [0.29, 0.717) is 12.6 Å². The maximum absolute atomic E-state index is 5.95. The zero-order valence-electron chi connectivity index (χ0n) is 11.3. The van der Waals surface area contributed by atoms with Gasteiger partial charge in [0.15, 0.2) is 0 Å². The van der Waals surface area contributed by atoms with Gasteiger partial charge in [-0.15, -0.1) is 0 Å². The van der Waals surface area contributed by atoms with Crippen LogP contribution >= 0.6 is 0 Å². The zero-order chi connectivity index (χ0) is 12.7. The van der Waals surface area contributed by atoms with Crippen molar-refractivity contribution >= 4 is 0 Å². The molecular weight excluding hydrogens is 220 g/mol. The molecule has 1 fully saturated rings. The molecule has 1 aliphatic carbocycles. The minimum atomic E-state index is 0.0811. The van der Waals surface area contributed by atoms with Gasteiger partial charge < -0.3 is 19.9 Å². The zero-order valence-corrected chi connectivity index (χ0v) is 11.3. The number of nitrogens with zero attached hydrogens (tertiary/aromatic N) is 1. The minimum Gasteiger partial charge on any atom is -0.383 e. The monoisotopic (exact) mass is 246 g/mol. The number of hydrogen-bond acceptors (Lipinski definition) is 5. The summed E-state index contributed by atoms with van der Waals surface area (Å²) in [6.07, 6.45) is 2.37. The lowest BCUT2D eigenvalue weighted by Gasteiger charge is -2.53. The van der Waals surface area contributed by atoms with E-state index < -0.39 is 0 Å². The van der Waals surface area contributed by atoms with Gasteiger partial charge in [0.25, 0.3) is 0 Å². The molecule has 0 aromatic heterocycles. The second kappa shape index (κ2) is 7.28. The summed E-state index contributed by atoms with van der Waals surface area (Å²) < 4.78 is 15.7. The number of hydrogen-bond donors (Lipinski definition) is 1. The van der Waals surface area contributed by atoms with E-state index in [2.05, 4.69) is 4.90 Å². The van der Waals surface area contributed by atoms with Crippen LogP contribution in [0.5, 0.6) is 0 Å². The van der Waals surface area contributed by atoms with Crippen LogP contribution in [0.4, 0.5) is 0 Å². The molecule has 0 unspecified atom stereocenters. The highest BCUT2D eigenvalue weighted by molar-refractivity contribution is 5.04. The first-order valence-electron chi connectivity index (χ1n) is 6.18. The highest BCUT2D eigenvalue weighted by atomic mass is 16.5. The van der Waals surface area contributed by atoms with Crippen LogP contribution < -0.4 is 5.73 Å². The summed E-state index contributed by atoms with van der Waals surface area (Å²) >= 11 is 0. The maximum Gasteiger partial charge on any atom is 0.0607 e. The van der Waals surface area contributed by atoms with Gasteiger partial charge in [-0.05, 0) is 12.8 Å². The third-order valence-electron chi connectivity index (χ3n) is 3.73. The lowest BCUT2D eigenvalue weighted by atomic mass is 9.72. The molecule has 0 aromatic rings. The van der Waals surface area contributed by atoms with Crippen LogP contribution in [0.2, 0.25) is 0 Å².